The molecule has 0 radical (unpaired) electrons. The van der Waals surface area contributed by atoms with Crippen LogP contribution in [0.25, 0.3) is 0 Å². The second-order valence-corrected chi connectivity index (χ2v) is 4.38. The fraction of sp³-hybridized carbons (Fsp3) is 0.364. The first-order valence-corrected chi connectivity index (χ1v) is 5.43. The van der Waals surface area contributed by atoms with E-state index in [0.29, 0.717) is 12.2 Å². The Bertz CT molecular complexity index is 361. The molecule has 1 rings (SSSR count). The van der Waals surface area contributed by atoms with Crippen molar-refractivity contribution in [2.45, 2.75) is 26.6 Å². The molecule has 0 atom stereocenters. The number of hydrogen-bond donors (Lipinski definition) is 1. The normalized spacial score (nSPS) is 10.7. The molecule has 1 N–H and O–H groups in total. The van der Waals surface area contributed by atoms with E-state index in [1.807, 2.05) is 19.9 Å². The molecule has 0 spiro atoms. The van der Waals surface area contributed by atoms with Gasteiger partial charge >= 0.3 is 5.97 Å². The highest BCUT2D eigenvalue weighted by atomic mass is 79.9. The zero-order valence-electron chi connectivity index (χ0n) is 8.66. The van der Waals surface area contributed by atoms with Crippen LogP contribution in [0.2, 0.25) is 0 Å². The Morgan fingerprint density at radius 3 is 2.73 bits per heavy atom. The number of rotatable bonds is 4. The summed E-state index contributed by atoms with van der Waals surface area (Å²) in [6, 6.07) is 5.16. The van der Waals surface area contributed by atoms with E-state index in [1.165, 1.54) is 0 Å². The molecule has 0 aliphatic rings. The summed E-state index contributed by atoms with van der Waals surface area (Å²) in [5, 5.41) is 8.98. The van der Waals surface area contributed by atoms with Gasteiger partial charge in [-0.3, -0.25) is 0 Å². The Hall–Kier alpha value is -0.870. The smallest absolute Gasteiger partial charge is 0.336 e. The highest BCUT2D eigenvalue weighted by molar-refractivity contribution is 9.10. The van der Waals surface area contributed by atoms with Crippen LogP contribution in [0.3, 0.4) is 0 Å². The van der Waals surface area contributed by atoms with Crippen molar-refractivity contribution < 1.29 is 14.6 Å². The molecule has 0 fully saturated rings. The first kappa shape index (κ1) is 12.2. The fourth-order valence-corrected chi connectivity index (χ4v) is 1.49. The minimum absolute atomic E-state index is 0.0929. The summed E-state index contributed by atoms with van der Waals surface area (Å²) in [5.41, 5.74) is 0.976. The molecule has 0 aliphatic carbocycles. The molecule has 4 heteroatoms. The molecule has 0 amide bonds. The maximum Gasteiger partial charge on any atom is 0.336 e. The summed E-state index contributed by atoms with van der Waals surface area (Å²) in [5.74, 6) is -0.932. The lowest BCUT2D eigenvalue weighted by atomic mass is 10.1. The highest BCUT2D eigenvalue weighted by Crippen LogP contribution is 2.18. The number of carboxylic acids is 1. The van der Waals surface area contributed by atoms with E-state index in [2.05, 4.69) is 15.9 Å². The predicted molar refractivity (Wildman–Crippen MR) is 61.0 cm³/mol. The number of hydrogen-bond acceptors (Lipinski definition) is 2. The number of ether oxygens (including phenoxy) is 1. The molecule has 0 saturated carbocycles. The molecule has 3 nitrogen and oxygen atoms in total. The summed E-state index contributed by atoms with van der Waals surface area (Å²) in [6.45, 7) is 4.16. The van der Waals surface area contributed by atoms with Crippen LogP contribution in [-0.4, -0.2) is 17.2 Å². The van der Waals surface area contributed by atoms with E-state index >= 15 is 0 Å². The van der Waals surface area contributed by atoms with Crippen LogP contribution < -0.4 is 0 Å². The van der Waals surface area contributed by atoms with E-state index in [1.54, 1.807) is 12.1 Å². The standard InChI is InChI=1S/C11H13BrO3/c1-7(2)15-6-8-3-4-9(12)5-10(8)11(13)14/h3-5,7H,6H2,1-2H3,(H,13,14). The molecule has 0 aromatic heterocycles. The van der Waals surface area contributed by atoms with Gasteiger partial charge in [0, 0.05) is 4.47 Å². The number of carboxylic acid groups (broad SMARTS) is 1. The van der Waals surface area contributed by atoms with Gasteiger partial charge < -0.3 is 9.84 Å². The van der Waals surface area contributed by atoms with E-state index < -0.39 is 5.97 Å². The second-order valence-electron chi connectivity index (χ2n) is 3.47. The summed E-state index contributed by atoms with van der Waals surface area (Å²) >= 11 is 3.24. The first-order chi connectivity index (χ1) is 7.00. The van der Waals surface area contributed by atoms with Crippen molar-refractivity contribution in [2.75, 3.05) is 0 Å². The van der Waals surface area contributed by atoms with E-state index in [9.17, 15) is 4.79 Å². The van der Waals surface area contributed by atoms with Crippen LogP contribution in [-0.2, 0) is 11.3 Å². The third-order valence-corrected chi connectivity index (χ3v) is 2.37. The van der Waals surface area contributed by atoms with Crippen molar-refractivity contribution in [3.05, 3.63) is 33.8 Å². The van der Waals surface area contributed by atoms with Crippen LogP contribution in [0.15, 0.2) is 22.7 Å². The minimum atomic E-state index is -0.932. The topological polar surface area (TPSA) is 46.5 Å². The SMILES string of the molecule is CC(C)OCc1ccc(Br)cc1C(=O)O. The molecule has 0 bridgehead atoms. The van der Waals surface area contributed by atoms with Gasteiger partial charge in [0.15, 0.2) is 0 Å². The zero-order valence-corrected chi connectivity index (χ0v) is 10.2. The lowest BCUT2D eigenvalue weighted by Crippen LogP contribution is -2.07. The van der Waals surface area contributed by atoms with E-state index in [0.717, 1.165) is 4.47 Å². The van der Waals surface area contributed by atoms with Gasteiger partial charge in [-0.05, 0) is 31.5 Å². The van der Waals surface area contributed by atoms with Gasteiger partial charge in [0.25, 0.3) is 0 Å². The van der Waals surface area contributed by atoms with Gasteiger partial charge in [-0.15, -0.1) is 0 Å². The van der Waals surface area contributed by atoms with Gasteiger partial charge in [-0.25, -0.2) is 4.79 Å². The molecular weight excluding hydrogens is 260 g/mol. The molecule has 0 aliphatic heterocycles. The monoisotopic (exact) mass is 272 g/mol. The Kier molecular flexibility index (Phi) is 4.29. The molecule has 82 valence electrons. The Morgan fingerprint density at radius 2 is 2.20 bits per heavy atom. The average Bonchev–Trinajstić information content (AvgIpc) is 2.15. The lowest BCUT2D eigenvalue weighted by molar-refractivity contribution is 0.0606. The largest absolute Gasteiger partial charge is 0.478 e. The minimum Gasteiger partial charge on any atom is -0.478 e. The second kappa shape index (κ2) is 5.28. The quantitative estimate of drug-likeness (QED) is 0.917. The third kappa shape index (κ3) is 3.64. The van der Waals surface area contributed by atoms with E-state index in [4.69, 9.17) is 9.84 Å². The van der Waals surface area contributed by atoms with Crippen LogP contribution in [0.4, 0.5) is 0 Å². The highest BCUT2D eigenvalue weighted by Gasteiger charge is 2.10. The van der Waals surface area contributed by atoms with Crippen LogP contribution in [0, 0.1) is 0 Å². The van der Waals surface area contributed by atoms with Gasteiger partial charge in [0.1, 0.15) is 0 Å². The summed E-state index contributed by atoms with van der Waals surface area (Å²) in [7, 11) is 0. The van der Waals surface area contributed by atoms with Gasteiger partial charge in [-0.1, -0.05) is 22.0 Å². The maximum atomic E-state index is 10.9. The lowest BCUT2D eigenvalue weighted by Gasteiger charge is -2.10. The molecular formula is C11H13BrO3. The number of carbonyl (C=O) groups is 1. The molecule has 0 unspecified atom stereocenters. The van der Waals surface area contributed by atoms with Crippen molar-refractivity contribution in [3.63, 3.8) is 0 Å². The first-order valence-electron chi connectivity index (χ1n) is 4.64. The summed E-state index contributed by atoms with van der Waals surface area (Å²) < 4.78 is 6.14. The predicted octanol–water partition coefficient (Wildman–Crippen LogP) is 3.07. The summed E-state index contributed by atoms with van der Waals surface area (Å²) in [4.78, 5) is 10.9. The van der Waals surface area contributed by atoms with E-state index in [-0.39, 0.29) is 11.7 Å². The Labute approximate surface area is 97.2 Å². The number of benzene rings is 1. The van der Waals surface area contributed by atoms with Crippen molar-refractivity contribution in [3.8, 4) is 0 Å². The van der Waals surface area contributed by atoms with Gasteiger partial charge in [0.05, 0.1) is 18.3 Å². The van der Waals surface area contributed by atoms with Crippen LogP contribution in [0.1, 0.15) is 29.8 Å². The van der Waals surface area contributed by atoms with Crippen molar-refractivity contribution in [1.82, 2.24) is 0 Å². The van der Waals surface area contributed by atoms with Crippen LogP contribution in [0.5, 0.6) is 0 Å². The van der Waals surface area contributed by atoms with Gasteiger partial charge in [-0.2, -0.15) is 0 Å². The van der Waals surface area contributed by atoms with Crippen LogP contribution >= 0.6 is 15.9 Å². The summed E-state index contributed by atoms with van der Waals surface area (Å²) in [6.07, 6.45) is 0.0929. The molecule has 1 aromatic carbocycles. The van der Waals surface area contributed by atoms with Gasteiger partial charge in [0.2, 0.25) is 0 Å². The Morgan fingerprint density at radius 1 is 1.53 bits per heavy atom. The Balaban J connectivity index is 2.91. The molecule has 15 heavy (non-hydrogen) atoms. The molecule has 1 aromatic rings. The number of aromatic carboxylic acids is 1. The van der Waals surface area contributed by atoms with Crippen molar-refractivity contribution in [1.29, 1.82) is 0 Å². The third-order valence-electron chi connectivity index (χ3n) is 1.87. The fourth-order valence-electron chi connectivity index (χ4n) is 1.13. The molecule has 0 heterocycles. The zero-order chi connectivity index (χ0) is 11.4. The van der Waals surface area contributed by atoms with Crippen molar-refractivity contribution >= 4 is 21.9 Å². The number of halogens is 1. The van der Waals surface area contributed by atoms with Crippen molar-refractivity contribution in [2.24, 2.45) is 0 Å². The maximum absolute atomic E-state index is 10.9. The molecule has 0 saturated heterocycles. The average molecular weight is 273 g/mol.